The molecule has 0 N–H and O–H groups in total. The molecule has 0 spiro atoms. The van der Waals surface area contributed by atoms with Gasteiger partial charge in [-0.05, 0) is 67.6 Å². The van der Waals surface area contributed by atoms with E-state index in [0.29, 0.717) is 5.56 Å². The van der Waals surface area contributed by atoms with E-state index in [2.05, 4.69) is 48.8 Å². The lowest BCUT2D eigenvalue weighted by atomic mass is 10.1. The van der Waals surface area contributed by atoms with Crippen LogP contribution in [0.3, 0.4) is 0 Å². The van der Waals surface area contributed by atoms with E-state index in [0.717, 1.165) is 22.3 Å². The minimum absolute atomic E-state index is 0.641. The minimum Gasteiger partial charge on any atom is -0.192 e. The van der Waals surface area contributed by atoms with Gasteiger partial charge in [0.15, 0.2) is 0 Å². The van der Waals surface area contributed by atoms with Gasteiger partial charge in [-0.15, -0.1) is 0 Å². The predicted octanol–water partition coefficient (Wildman–Crippen LogP) is 4.67. The fraction of sp³-hybridized carbons (Fsp3) is 0.0417. The van der Waals surface area contributed by atoms with Gasteiger partial charge in [-0.3, -0.25) is 0 Å². The van der Waals surface area contributed by atoms with Crippen LogP contribution < -0.4 is 0 Å². The van der Waals surface area contributed by atoms with Crippen LogP contribution in [0.2, 0.25) is 0 Å². The molecule has 3 aromatic carbocycles. The molecule has 0 fully saturated rings. The molecule has 0 aliphatic rings. The second kappa shape index (κ2) is 7.70. The summed E-state index contributed by atoms with van der Waals surface area (Å²) in [4.78, 5) is 0. The lowest BCUT2D eigenvalue weighted by Crippen LogP contribution is -1.80. The second-order valence-corrected chi connectivity index (χ2v) is 5.63. The highest BCUT2D eigenvalue weighted by molar-refractivity contribution is 5.48. The Balaban J connectivity index is 1.71. The van der Waals surface area contributed by atoms with E-state index in [-0.39, 0.29) is 0 Å². The number of benzene rings is 3. The Morgan fingerprint density at radius 3 is 1.08 bits per heavy atom. The molecule has 0 aliphatic heterocycles. The Morgan fingerprint density at radius 2 is 0.760 bits per heavy atom. The van der Waals surface area contributed by atoms with Crippen LogP contribution in [-0.2, 0) is 0 Å². The van der Waals surface area contributed by atoms with Gasteiger partial charge < -0.3 is 0 Å². The number of rotatable bonds is 0. The summed E-state index contributed by atoms with van der Waals surface area (Å²) in [6.07, 6.45) is 0. The Labute approximate surface area is 148 Å². The van der Waals surface area contributed by atoms with E-state index in [9.17, 15) is 0 Å². The van der Waals surface area contributed by atoms with Gasteiger partial charge in [0.05, 0.1) is 11.6 Å². The molecule has 3 aromatic rings. The molecular formula is C24H15N. The number of nitriles is 1. The van der Waals surface area contributed by atoms with Crippen molar-refractivity contribution in [2.75, 3.05) is 0 Å². The standard InChI is InChI=1S/C24H15N/c1-19-2-4-20(5-3-19)6-7-21-8-10-22(11-9-21)12-13-23-14-16-24(18-25)17-15-23/h2-5,8-11,14-17H,1H3. The summed E-state index contributed by atoms with van der Waals surface area (Å²) < 4.78 is 0. The highest BCUT2D eigenvalue weighted by Gasteiger charge is 1.92. The Kier molecular flexibility index (Phi) is 4.97. The molecule has 0 heterocycles. The first-order chi connectivity index (χ1) is 12.2. The Morgan fingerprint density at radius 1 is 0.480 bits per heavy atom. The summed E-state index contributed by atoms with van der Waals surface area (Å²) in [5, 5.41) is 8.79. The maximum absolute atomic E-state index is 8.79. The van der Waals surface area contributed by atoms with Crippen molar-refractivity contribution in [3.05, 3.63) is 106 Å². The minimum atomic E-state index is 0.641. The average molecular weight is 317 g/mol. The van der Waals surface area contributed by atoms with Gasteiger partial charge in [-0.2, -0.15) is 5.26 Å². The molecule has 0 aliphatic carbocycles. The third-order valence-corrected chi connectivity index (χ3v) is 3.65. The highest BCUT2D eigenvalue weighted by Crippen LogP contribution is 2.06. The van der Waals surface area contributed by atoms with E-state index in [1.807, 2.05) is 48.5 Å². The SMILES string of the molecule is Cc1ccc(C#Cc2ccc(C#Cc3ccc(C#N)cc3)cc2)cc1. The summed E-state index contributed by atoms with van der Waals surface area (Å²) in [7, 11) is 0. The smallest absolute Gasteiger partial charge is 0.0991 e. The van der Waals surface area contributed by atoms with E-state index >= 15 is 0 Å². The monoisotopic (exact) mass is 317 g/mol. The summed E-state index contributed by atoms with van der Waals surface area (Å²) in [6.45, 7) is 2.06. The van der Waals surface area contributed by atoms with Crippen molar-refractivity contribution >= 4 is 0 Å². The van der Waals surface area contributed by atoms with Gasteiger partial charge in [-0.1, -0.05) is 41.4 Å². The molecule has 0 unspecified atom stereocenters. The van der Waals surface area contributed by atoms with Crippen LogP contribution in [0.25, 0.3) is 0 Å². The third-order valence-electron chi connectivity index (χ3n) is 3.65. The van der Waals surface area contributed by atoms with Gasteiger partial charge >= 0.3 is 0 Å². The molecule has 1 nitrogen and oxygen atoms in total. The fourth-order valence-corrected chi connectivity index (χ4v) is 2.19. The molecule has 116 valence electrons. The molecular weight excluding hydrogens is 302 g/mol. The first-order valence-corrected chi connectivity index (χ1v) is 7.94. The Hall–Kier alpha value is -3.73. The zero-order valence-electron chi connectivity index (χ0n) is 13.9. The maximum Gasteiger partial charge on any atom is 0.0991 e. The van der Waals surface area contributed by atoms with Crippen LogP contribution in [0.4, 0.5) is 0 Å². The van der Waals surface area contributed by atoms with E-state index in [4.69, 9.17) is 5.26 Å². The van der Waals surface area contributed by atoms with Crippen molar-refractivity contribution in [1.82, 2.24) is 0 Å². The average Bonchev–Trinajstić information content (AvgIpc) is 2.67. The third kappa shape index (κ3) is 4.62. The summed E-state index contributed by atoms with van der Waals surface area (Å²) in [6, 6.07) is 25.4. The van der Waals surface area contributed by atoms with Gasteiger partial charge in [0, 0.05) is 22.3 Å². The number of hydrogen-bond donors (Lipinski definition) is 0. The molecule has 0 atom stereocenters. The van der Waals surface area contributed by atoms with Crippen LogP contribution in [0.5, 0.6) is 0 Å². The van der Waals surface area contributed by atoms with Crippen LogP contribution in [0, 0.1) is 41.9 Å². The molecule has 25 heavy (non-hydrogen) atoms. The predicted molar refractivity (Wildman–Crippen MR) is 101 cm³/mol. The molecule has 1 heteroatoms. The van der Waals surface area contributed by atoms with Crippen molar-refractivity contribution in [3.63, 3.8) is 0 Å². The Bertz CT molecular complexity index is 1020. The molecule has 0 aromatic heterocycles. The van der Waals surface area contributed by atoms with Crippen LogP contribution in [-0.4, -0.2) is 0 Å². The van der Waals surface area contributed by atoms with E-state index < -0.39 is 0 Å². The van der Waals surface area contributed by atoms with Crippen molar-refractivity contribution in [1.29, 1.82) is 5.26 Å². The fourth-order valence-electron chi connectivity index (χ4n) is 2.19. The quantitative estimate of drug-likeness (QED) is 0.553. The van der Waals surface area contributed by atoms with Crippen LogP contribution >= 0.6 is 0 Å². The largest absolute Gasteiger partial charge is 0.192 e. The molecule has 3 rings (SSSR count). The van der Waals surface area contributed by atoms with Crippen LogP contribution in [0.15, 0.2) is 72.8 Å². The molecule has 0 bridgehead atoms. The van der Waals surface area contributed by atoms with E-state index in [1.165, 1.54) is 5.56 Å². The highest BCUT2D eigenvalue weighted by atomic mass is 14.2. The van der Waals surface area contributed by atoms with Crippen molar-refractivity contribution in [2.24, 2.45) is 0 Å². The zero-order chi connectivity index (χ0) is 17.5. The van der Waals surface area contributed by atoms with Crippen molar-refractivity contribution in [2.45, 2.75) is 6.92 Å². The van der Waals surface area contributed by atoms with Crippen molar-refractivity contribution < 1.29 is 0 Å². The summed E-state index contributed by atoms with van der Waals surface area (Å²) in [5.41, 5.74) is 5.67. The molecule has 0 saturated heterocycles. The lowest BCUT2D eigenvalue weighted by Gasteiger charge is -1.94. The summed E-state index contributed by atoms with van der Waals surface area (Å²) >= 11 is 0. The first-order valence-electron chi connectivity index (χ1n) is 7.94. The number of aryl methyl sites for hydroxylation is 1. The van der Waals surface area contributed by atoms with Crippen molar-refractivity contribution in [3.8, 4) is 29.8 Å². The molecule has 0 saturated carbocycles. The second-order valence-electron chi connectivity index (χ2n) is 5.63. The number of nitrogens with zero attached hydrogens (tertiary/aromatic N) is 1. The van der Waals surface area contributed by atoms with Gasteiger partial charge in [-0.25, -0.2) is 0 Å². The number of hydrogen-bond acceptors (Lipinski definition) is 1. The first kappa shape index (κ1) is 16.1. The summed E-state index contributed by atoms with van der Waals surface area (Å²) in [5.74, 6) is 12.6. The van der Waals surface area contributed by atoms with Gasteiger partial charge in [0.25, 0.3) is 0 Å². The van der Waals surface area contributed by atoms with E-state index in [1.54, 1.807) is 12.1 Å². The zero-order valence-corrected chi connectivity index (χ0v) is 13.9. The maximum atomic E-state index is 8.79. The normalized spacial score (nSPS) is 9.12. The van der Waals surface area contributed by atoms with Gasteiger partial charge in [0.2, 0.25) is 0 Å². The topological polar surface area (TPSA) is 23.8 Å². The molecule has 0 radical (unpaired) electrons. The van der Waals surface area contributed by atoms with Crippen LogP contribution in [0.1, 0.15) is 33.4 Å². The van der Waals surface area contributed by atoms with Gasteiger partial charge in [0.1, 0.15) is 0 Å². The molecule has 0 amide bonds. The lowest BCUT2D eigenvalue weighted by molar-refractivity contribution is 1.46.